The number of carbonyl (C=O) groups excluding carboxylic acids is 1. The summed E-state index contributed by atoms with van der Waals surface area (Å²) >= 11 is 0. The highest BCUT2D eigenvalue weighted by atomic mass is 17.2. The number of hydrogen-bond donors (Lipinski definition) is 0. The minimum absolute atomic E-state index is 0.407. The lowest BCUT2D eigenvalue weighted by molar-refractivity contribution is -0.249. The number of carbonyl (C=O) groups is 1. The van der Waals surface area contributed by atoms with Crippen LogP contribution >= 0.6 is 0 Å². The maximum absolute atomic E-state index is 12.0. The Labute approximate surface area is 141 Å². The van der Waals surface area contributed by atoms with Crippen molar-refractivity contribution in [1.29, 1.82) is 0 Å². The van der Waals surface area contributed by atoms with Gasteiger partial charge in [-0.15, -0.1) is 0 Å². The molecule has 130 valence electrons. The zero-order valence-corrected chi connectivity index (χ0v) is 15.0. The van der Waals surface area contributed by atoms with Crippen molar-refractivity contribution >= 4 is 5.97 Å². The molecule has 0 bridgehead atoms. The van der Waals surface area contributed by atoms with Gasteiger partial charge < -0.3 is 0 Å². The SMILES string of the molecule is CCCCCc1ccc(C(=O)OOCC(CC)CCCC)cc1. The van der Waals surface area contributed by atoms with Gasteiger partial charge in [0.1, 0.15) is 0 Å². The summed E-state index contributed by atoms with van der Waals surface area (Å²) in [5.41, 5.74) is 1.81. The third kappa shape index (κ3) is 8.17. The van der Waals surface area contributed by atoms with E-state index >= 15 is 0 Å². The molecule has 1 atom stereocenters. The monoisotopic (exact) mass is 320 g/mol. The molecule has 1 aromatic carbocycles. The Balaban J connectivity index is 2.33. The second kappa shape index (κ2) is 12.1. The van der Waals surface area contributed by atoms with Gasteiger partial charge in [-0.3, -0.25) is 4.89 Å². The fourth-order valence-corrected chi connectivity index (χ4v) is 2.52. The Morgan fingerprint density at radius 1 is 1.00 bits per heavy atom. The molecule has 0 aliphatic heterocycles. The van der Waals surface area contributed by atoms with Gasteiger partial charge in [0.15, 0.2) is 0 Å². The first-order valence-electron chi connectivity index (χ1n) is 9.13. The van der Waals surface area contributed by atoms with Gasteiger partial charge in [0.2, 0.25) is 0 Å². The van der Waals surface area contributed by atoms with Crippen LogP contribution in [0.4, 0.5) is 0 Å². The molecule has 1 aromatic rings. The van der Waals surface area contributed by atoms with Crippen molar-refractivity contribution in [2.45, 2.75) is 72.1 Å². The molecule has 0 saturated carbocycles. The number of rotatable bonds is 12. The van der Waals surface area contributed by atoms with Crippen LogP contribution in [0.25, 0.3) is 0 Å². The van der Waals surface area contributed by atoms with Crippen LogP contribution in [-0.4, -0.2) is 12.6 Å². The van der Waals surface area contributed by atoms with Crippen LogP contribution < -0.4 is 0 Å². The van der Waals surface area contributed by atoms with E-state index in [9.17, 15) is 4.79 Å². The molecule has 0 aromatic heterocycles. The summed E-state index contributed by atoms with van der Waals surface area (Å²) in [6.45, 7) is 7.00. The van der Waals surface area contributed by atoms with Crippen LogP contribution in [0.3, 0.4) is 0 Å². The van der Waals surface area contributed by atoms with E-state index in [1.54, 1.807) is 0 Å². The summed E-state index contributed by atoms with van der Waals surface area (Å²) in [6.07, 6.45) is 9.26. The molecule has 0 amide bonds. The summed E-state index contributed by atoms with van der Waals surface area (Å²) in [5, 5.41) is 0. The van der Waals surface area contributed by atoms with Gasteiger partial charge in [0.05, 0.1) is 12.2 Å². The Morgan fingerprint density at radius 3 is 2.30 bits per heavy atom. The lowest BCUT2D eigenvalue weighted by atomic mass is 10.0. The molecule has 23 heavy (non-hydrogen) atoms. The van der Waals surface area contributed by atoms with Crippen molar-refractivity contribution < 1.29 is 14.6 Å². The molecule has 1 rings (SSSR count). The molecule has 0 fully saturated rings. The van der Waals surface area contributed by atoms with Gasteiger partial charge in [-0.1, -0.05) is 65.0 Å². The number of unbranched alkanes of at least 4 members (excludes halogenated alkanes) is 3. The van der Waals surface area contributed by atoms with Crippen LogP contribution in [0.2, 0.25) is 0 Å². The van der Waals surface area contributed by atoms with E-state index in [1.165, 1.54) is 37.7 Å². The molecular weight excluding hydrogens is 288 g/mol. The second-order valence-corrected chi connectivity index (χ2v) is 6.23. The van der Waals surface area contributed by atoms with Crippen molar-refractivity contribution in [3.63, 3.8) is 0 Å². The normalized spacial score (nSPS) is 12.1. The van der Waals surface area contributed by atoms with Crippen LogP contribution in [0.5, 0.6) is 0 Å². The van der Waals surface area contributed by atoms with E-state index in [2.05, 4.69) is 20.8 Å². The van der Waals surface area contributed by atoms with Gasteiger partial charge >= 0.3 is 5.97 Å². The Morgan fingerprint density at radius 2 is 1.70 bits per heavy atom. The lowest BCUT2D eigenvalue weighted by Crippen LogP contribution is -2.13. The molecule has 0 N–H and O–H groups in total. The Kier molecular flexibility index (Phi) is 10.4. The molecule has 3 nitrogen and oxygen atoms in total. The molecule has 3 heteroatoms. The minimum atomic E-state index is -0.407. The zero-order valence-electron chi connectivity index (χ0n) is 15.0. The Hall–Kier alpha value is -1.35. The van der Waals surface area contributed by atoms with E-state index in [4.69, 9.17) is 9.78 Å². The van der Waals surface area contributed by atoms with Crippen LogP contribution in [0.15, 0.2) is 24.3 Å². The number of benzene rings is 1. The molecule has 0 saturated heterocycles. The first kappa shape index (κ1) is 19.7. The van der Waals surface area contributed by atoms with Gasteiger partial charge in [-0.25, -0.2) is 4.79 Å². The van der Waals surface area contributed by atoms with Crippen molar-refractivity contribution in [1.82, 2.24) is 0 Å². The van der Waals surface area contributed by atoms with Crippen LogP contribution in [0, 0.1) is 5.92 Å². The third-order valence-electron chi connectivity index (χ3n) is 4.24. The van der Waals surface area contributed by atoms with Gasteiger partial charge in [0, 0.05) is 0 Å². The highest BCUT2D eigenvalue weighted by Crippen LogP contribution is 2.14. The highest BCUT2D eigenvalue weighted by Gasteiger charge is 2.11. The first-order chi connectivity index (χ1) is 11.2. The smallest absolute Gasteiger partial charge is 0.293 e. The van der Waals surface area contributed by atoms with E-state index in [-0.39, 0.29) is 0 Å². The largest absolute Gasteiger partial charge is 0.373 e. The summed E-state index contributed by atoms with van der Waals surface area (Å²) in [4.78, 5) is 22.1. The molecule has 1 unspecified atom stereocenters. The van der Waals surface area contributed by atoms with Crippen molar-refractivity contribution in [2.24, 2.45) is 5.92 Å². The van der Waals surface area contributed by atoms with Crippen molar-refractivity contribution in [2.75, 3.05) is 6.61 Å². The molecule has 0 heterocycles. The Bertz CT molecular complexity index is 425. The summed E-state index contributed by atoms with van der Waals surface area (Å²) in [7, 11) is 0. The minimum Gasteiger partial charge on any atom is -0.293 e. The summed E-state index contributed by atoms with van der Waals surface area (Å²) < 4.78 is 0. The third-order valence-corrected chi connectivity index (χ3v) is 4.24. The average Bonchev–Trinajstić information content (AvgIpc) is 2.58. The summed E-state index contributed by atoms with van der Waals surface area (Å²) in [5.74, 6) is 0.0548. The van der Waals surface area contributed by atoms with E-state index in [0.717, 1.165) is 19.3 Å². The zero-order chi connectivity index (χ0) is 16.9. The van der Waals surface area contributed by atoms with E-state index in [1.807, 2.05) is 24.3 Å². The van der Waals surface area contributed by atoms with Crippen molar-refractivity contribution in [3.8, 4) is 0 Å². The maximum Gasteiger partial charge on any atom is 0.373 e. The number of aryl methyl sites for hydroxylation is 1. The lowest BCUT2D eigenvalue weighted by Gasteiger charge is -2.13. The maximum atomic E-state index is 12.0. The summed E-state index contributed by atoms with van der Waals surface area (Å²) in [6, 6.07) is 7.65. The molecule has 0 aliphatic carbocycles. The fraction of sp³-hybridized carbons (Fsp3) is 0.650. The standard InChI is InChI=1S/C20H32O3/c1-4-7-9-11-18-12-14-19(15-13-18)20(21)23-22-16-17(6-3)10-8-5-2/h12-15,17H,4-11,16H2,1-3H3. The molecular formula is C20H32O3. The van der Waals surface area contributed by atoms with Crippen LogP contribution in [0.1, 0.15) is 81.6 Å². The van der Waals surface area contributed by atoms with Gasteiger partial charge in [-0.2, -0.15) is 4.89 Å². The van der Waals surface area contributed by atoms with E-state index < -0.39 is 5.97 Å². The first-order valence-corrected chi connectivity index (χ1v) is 9.13. The van der Waals surface area contributed by atoms with Gasteiger partial charge in [-0.05, 0) is 42.9 Å². The van der Waals surface area contributed by atoms with Crippen molar-refractivity contribution in [3.05, 3.63) is 35.4 Å². The van der Waals surface area contributed by atoms with Crippen LogP contribution in [-0.2, 0) is 16.2 Å². The van der Waals surface area contributed by atoms with E-state index in [0.29, 0.717) is 18.1 Å². The fourth-order valence-electron chi connectivity index (χ4n) is 2.52. The molecule has 0 aliphatic rings. The molecule has 0 radical (unpaired) electrons. The predicted octanol–water partition coefficient (Wildman–Crippen LogP) is 5.72. The van der Waals surface area contributed by atoms with Gasteiger partial charge in [0.25, 0.3) is 0 Å². The highest BCUT2D eigenvalue weighted by molar-refractivity contribution is 5.88. The predicted molar refractivity (Wildman–Crippen MR) is 94.3 cm³/mol. The topological polar surface area (TPSA) is 35.5 Å². The number of hydrogen-bond acceptors (Lipinski definition) is 3. The second-order valence-electron chi connectivity index (χ2n) is 6.23. The quantitative estimate of drug-likeness (QED) is 0.280. The average molecular weight is 320 g/mol. The molecule has 0 spiro atoms.